The Morgan fingerprint density at radius 3 is 2.30 bits per heavy atom. The molecule has 5 nitrogen and oxygen atoms in total. The van der Waals surface area contributed by atoms with Crippen molar-refractivity contribution in [2.75, 3.05) is 14.2 Å². The molecule has 0 bridgehead atoms. The molecule has 0 saturated carbocycles. The summed E-state index contributed by atoms with van der Waals surface area (Å²) in [5.74, 6) is 0.397. The third-order valence-electron chi connectivity index (χ3n) is 3.00. The Morgan fingerprint density at radius 1 is 1.30 bits per heavy atom. The number of methoxy groups -OCH3 is 2. The minimum absolute atomic E-state index is 0.00594. The monoisotopic (exact) mass is 345 g/mol. The van der Waals surface area contributed by atoms with Crippen molar-refractivity contribution in [2.45, 2.75) is 26.4 Å². The Labute approximate surface area is 127 Å². The van der Waals surface area contributed by atoms with E-state index in [0.29, 0.717) is 18.0 Å². The molecular weight excluding hydrogens is 326 g/mol. The van der Waals surface area contributed by atoms with Crippen molar-refractivity contribution >= 4 is 21.9 Å². The summed E-state index contributed by atoms with van der Waals surface area (Å²) in [6, 6.07) is 3.05. The first-order valence-corrected chi connectivity index (χ1v) is 7.06. The smallest absolute Gasteiger partial charge is 0.320 e. The van der Waals surface area contributed by atoms with Gasteiger partial charge in [0.2, 0.25) is 0 Å². The van der Waals surface area contributed by atoms with Gasteiger partial charge in [-0.05, 0) is 23.6 Å². The first-order valence-electron chi connectivity index (χ1n) is 6.27. The van der Waals surface area contributed by atoms with Gasteiger partial charge in [0.15, 0.2) is 11.5 Å². The van der Waals surface area contributed by atoms with Gasteiger partial charge in [-0.2, -0.15) is 0 Å². The van der Waals surface area contributed by atoms with E-state index in [1.165, 1.54) is 0 Å². The summed E-state index contributed by atoms with van der Waals surface area (Å²) in [5.41, 5.74) is 0.912. The average Bonchev–Trinajstić information content (AvgIpc) is 2.39. The van der Waals surface area contributed by atoms with Crippen molar-refractivity contribution in [2.24, 2.45) is 5.92 Å². The maximum Gasteiger partial charge on any atom is 0.320 e. The molecule has 0 fully saturated rings. The van der Waals surface area contributed by atoms with Gasteiger partial charge in [-0.15, -0.1) is 0 Å². The van der Waals surface area contributed by atoms with Crippen LogP contribution in [-0.2, 0) is 11.3 Å². The number of hydrogen-bond acceptors (Lipinski definition) is 4. The number of ether oxygens (including phenoxy) is 2. The lowest BCUT2D eigenvalue weighted by molar-refractivity contribution is -0.140. The van der Waals surface area contributed by atoms with Gasteiger partial charge in [0.1, 0.15) is 6.04 Å². The van der Waals surface area contributed by atoms with Crippen molar-refractivity contribution in [1.82, 2.24) is 5.32 Å². The standard InChI is InChI=1S/C14H20BrNO4/c1-8(2)13(14(17)18)16-7-9-5-11(19-3)12(20-4)6-10(9)15/h5-6,8,13,16H,7H2,1-4H3,(H,17,18)/t13-/m0/s1. The van der Waals surface area contributed by atoms with Crippen LogP contribution in [0.3, 0.4) is 0 Å². The van der Waals surface area contributed by atoms with Crippen molar-refractivity contribution in [3.63, 3.8) is 0 Å². The molecule has 1 atom stereocenters. The highest BCUT2D eigenvalue weighted by Crippen LogP contribution is 2.33. The second-order valence-electron chi connectivity index (χ2n) is 4.74. The summed E-state index contributed by atoms with van der Waals surface area (Å²) in [6.45, 7) is 4.17. The maximum absolute atomic E-state index is 11.2. The first kappa shape index (κ1) is 16.8. The Bertz CT molecular complexity index is 476. The lowest BCUT2D eigenvalue weighted by atomic mass is 10.0. The molecule has 0 unspecified atom stereocenters. The number of benzene rings is 1. The second-order valence-corrected chi connectivity index (χ2v) is 5.59. The van der Waals surface area contributed by atoms with Gasteiger partial charge in [0.05, 0.1) is 14.2 Å². The van der Waals surface area contributed by atoms with Crippen LogP contribution < -0.4 is 14.8 Å². The zero-order valence-corrected chi connectivity index (χ0v) is 13.7. The fourth-order valence-corrected chi connectivity index (χ4v) is 2.32. The lowest BCUT2D eigenvalue weighted by Crippen LogP contribution is -2.40. The number of carboxylic acid groups (broad SMARTS) is 1. The predicted molar refractivity (Wildman–Crippen MR) is 80.3 cm³/mol. The molecule has 1 rings (SSSR count). The van der Waals surface area contributed by atoms with Crippen LogP contribution in [0.15, 0.2) is 16.6 Å². The number of hydrogen-bond donors (Lipinski definition) is 2. The van der Waals surface area contributed by atoms with Crippen LogP contribution in [0.5, 0.6) is 11.5 Å². The van der Waals surface area contributed by atoms with E-state index in [1.54, 1.807) is 20.3 Å². The fraction of sp³-hybridized carbons (Fsp3) is 0.500. The molecule has 0 aliphatic carbocycles. The van der Waals surface area contributed by atoms with Crippen molar-refractivity contribution in [1.29, 1.82) is 0 Å². The number of halogens is 1. The largest absolute Gasteiger partial charge is 0.493 e. The van der Waals surface area contributed by atoms with E-state index < -0.39 is 12.0 Å². The fourth-order valence-electron chi connectivity index (χ4n) is 1.86. The zero-order chi connectivity index (χ0) is 15.3. The maximum atomic E-state index is 11.2. The molecular formula is C14H20BrNO4. The summed E-state index contributed by atoms with van der Waals surface area (Å²) < 4.78 is 11.3. The van der Waals surface area contributed by atoms with E-state index in [2.05, 4.69) is 21.2 Å². The van der Waals surface area contributed by atoms with E-state index in [4.69, 9.17) is 14.6 Å². The lowest BCUT2D eigenvalue weighted by Gasteiger charge is -2.19. The summed E-state index contributed by atoms with van der Waals surface area (Å²) in [4.78, 5) is 11.2. The molecule has 1 aromatic carbocycles. The number of carboxylic acids is 1. The van der Waals surface area contributed by atoms with Crippen molar-refractivity contribution in [3.05, 3.63) is 22.2 Å². The minimum atomic E-state index is -0.850. The molecule has 1 aromatic rings. The molecule has 6 heteroatoms. The highest BCUT2D eigenvalue weighted by Gasteiger charge is 2.21. The quantitative estimate of drug-likeness (QED) is 0.795. The number of carbonyl (C=O) groups is 1. The summed E-state index contributed by atoms with van der Waals surface area (Å²) in [5, 5.41) is 12.2. The van der Waals surface area contributed by atoms with Crippen molar-refractivity contribution < 1.29 is 19.4 Å². The molecule has 0 aromatic heterocycles. The van der Waals surface area contributed by atoms with Crippen LogP contribution in [0.4, 0.5) is 0 Å². The number of rotatable bonds is 7. The van der Waals surface area contributed by atoms with Gasteiger partial charge < -0.3 is 19.9 Å². The normalized spacial score (nSPS) is 12.3. The van der Waals surface area contributed by atoms with Crippen LogP contribution in [0.25, 0.3) is 0 Å². The molecule has 0 spiro atoms. The second kappa shape index (κ2) is 7.50. The first-order chi connectivity index (χ1) is 9.40. The van der Waals surface area contributed by atoms with Gasteiger partial charge in [-0.3, -0.25) is 4.79 Å². The molecule has 0 heterocycles. The van der Waals surface area contributed by atoms with Gasteiger partial charge >= 0.3 is 5.97 Å². The molecule has 2 N–H and O–H groups in total. The van der Waals surface area contributed by atoms with Crippen LogP contribution in [0, 0.1) is 5.92 Å². The van der Waals surface area contributed by atoms with Crippen LogP contribution in [0.2, 0.25) is 0 Å². The Morgan fingerprint density at radius 2 is 1.85 bits per heavy atom. The predicted octanol–water partition coefficient (Wildman–Crippen LogP) is 2.67. The Hall–Kier alpha value is -1.27. The Kier molecular flexibility index (Phi) is 6.29. The van der Waals surface area contributed by atoms with Crippen LogP contribution in [-0.4, -0.2) is 31.3 Å². The van der Waals surface area contributed by atoms with E-state index in [-0.39, 0.29) is 5.92 Å². The molecule has 0 saturated heterocycles. The summed E-state index contributed by atoms with van der Waals surface area (Å²) in [6.07, 6.45) is 0. The van der Waals surface area contributed by atoms with Crippen LogP contribution >= 0.6 is 15.9 Å². The van der Waals surface area contributed by atoms with Crippen molar-refractivity contribution in [3.8, 4) is 11.5 Å². The average molecular weight is 346 g/mol. The number of nitrogens with one attached hydrogen (secondary N) is 1. The molecule has 0 amide bonds. The SMILES string of the molecule is COc1cc(Br)c(CN[C@H](C(=O)O)C(C)C)cc1OC. The number of aliphatic carboxylic acids is 1. The molecule has 0 aliphatic heterocycles. The van der Waals surface area contributed by atoms with E-state index >= 15 is 0 Å². The topological polar surface area (TPSA) is 67.8 Å². The molecule has 0 aliphatic rings. The van der Waals surface area contributed by atoms with Gasteiger partial charge in [-0.25, -0.2) is 0 Å². The van der Waals surface area contributed by atoms with E-state index in [9.17, 15) is 4.79 Å². The van der Waals surface area contributed by atoms with Crippen LogP contribution in [0.1, 0.15) is 19.4 Å². The summed E-state index contributed by atoms with van der Waals surface area (Å²) >= 11 is 3.45. The highest BCUT2D eigenvalue weighted by molar-refractivity contribution is 9.10. The zero-order valence-electron chi connectivity index (χ0n) is 12.1. The molecule has 20 heavy (non-hydrogen) atoms. The van der Waals surface area contributed by atoms with Gasteiger partial charge in [0, 0.05) is 11.0 Å². The minimum Gasteiger partial charge on any atom is -0.493 e. The molecule has 0 radical (unpaired) electrons. The van der Waals surface area contributed by atoms with Gasteiger partial charge in [-0.1, -0.05) is 29.8 Å². The van der Waals surface area contributed by atoms with E-state index in [1.807, 2.05) is 19.9 Å². The van der Waals surface area contributed by atoms with Gasteiger partial charge in [0.25, 0.3) is 0 Å². The third kappa shape index (κ3) is 4.11. The molecule has 112 valence electrons. The third-order valence-corrected chi connectivity index (χ3v) is 3.74. The summed E-state index contributed by atoms with van der Waals surface area (Å²) in [7, 11) is 3.14. The highest BCUT2D eigenvalue weighted by atomic mass is 79.9. The van der Waals surface area contributed by atoms with E-state index in [0.717, 1.165) is 10.0 Å². The Balaban J connectivity index is 2.90.